The highest BCUT2D eigenvalue weighted by atomic mass is 16.5. The summed E-state index contributed by atoms with van der Waals surface area (Å²) in [4.78, 5) is 22.3. The molecule has 0 radical (unpaired) electrons. The molecule has 6 heteroatoms. The summed E-state index contributed by atoms with van der Waals surface area (Å²) >= 11 is 0. The van der Waals surface area contributed by atoms with Crippen molar-refractivity contribution in [3.8, 4) is 0 Å². The zero-order valence-corrected chi connectivity index (χ0v) is 9.76. The summed E-state index contributed by atoms with van der Waals surface area (Å²) in [5, 5.41) is 29.0. The number of hydroxylamine groups is 2. The van der Waals surface area contributed by atoms with Gasteiger partial charge in [-0.2, -0.15) is 5.06 Å². The molecule has 0 aliphatic carbocycles. The minimum Gasteiger partial charge on any atom is -0.481 e. The van der Waals surface area contributed by atoms with E-state index in [9.17, 15) is 14.8 Å². The second-order valence-corrected chi connectivity index (χ2v) is 5.25. The van der Waals surface area contributed by atoms with E-state index >= 15 is 0 Å². The first kappa shape index (κ1) is 12.9. The molecule has 6 nitrogen and oxygen atoms in total. The lowest BCUT2D eigenvalue weighted by atomic mass is 9.77. The summed E-state index contributed by atoms with van der Waals surface area (Å²) in [6.07, 6.45) is 0. The van der Waals surface area contributed by atoms with E-state index in [1.807, 2.05) is 0 Å². The van der Waals surface area contributed by atoms with Gasteiger partial charge >= 0.3 is 11.9 Å². The van der Waals surface area contributed by atoms with Crippen LogP contribution in [0.15, 0.2) is 0 Å². The monoisotopic (exact) mass is 231 g/mol. The van der Waals surface area contributed by atoms with Crippen LogP contribution in [0.4, 0.5) is 0 Å². The quantitative estimate of drug-likeness (QED) is 0.645. The second-order valence-electron chi connectivity index (χ2n) is 5.25. The minimum atomic E-state index is -1.21. The van der Waals surface area contributed by atoms with Gasteiger partial charge in [-0.15, -0.1) is 0 Å². The molecule has 1 aliphatic heterocycles. The van der Waals surface area contributed by atoms with Gasteiger partial charge < -0.3 is 15.4 Å². The van der Waals surface area contributed by atoms with E-state index in [1.54, 1.807) is 0 Å². The van der Waals surface area contributed by atoms with Crippen LogP contribution in [0.3, 0.4) is 0 Å². The Balaban J connectivity index is 3.34. The fraction of sp³-hybridized carbons (Fsp3) is 0.800. The van der Waals surface area contributed by atoms with Crippen LogP contribution in [0.5, 0.6) is 0 Å². The second kappa shape index (κ2) is 3.43. The first-order chi connectivity index (χ1) is 7.04. The Bertz CT molecular complexity index is 304. The lowest BCUT2D eigenvalue weighted by molar-refractivity contribution is -0.203. The summed E-state index contributed by atoms with van der Waals surface area (Å²) in [6.45, 7) is 6.10. The Hall–Kier alpha value is -1.14. The molecule has 1 fully saturated rings. The highest BCUT2D eigenvalue weighted by Crippen LogP contribution is 2.48. The van der Waals surface area contributed by atoms with Crippen LogP contribution < -0.4 is 0 Å². The van der Waals surface area contributed by atoms with Crippen molar-refractivity contribution >= 4 is 11.9 Å². The van der Waals surface area contributed by atoms with Crippen LogP contribution in [0.25, 0.3) is 0 Å². The molecule has 1 heterocycles. The standard InChI is InChI=1S/C10H17NO5/c1-9(2)5(7(12)13)6(8(14)15)10(3,4)11(9)16/h5-6,16H,1-4H3,(H,12,13)(H,14,15)/t5-,6+. The van der Waals surface area contributed by atoms with E-state index in [1.165, 1.54) is 27.7 Å². The maximum Gasteiger partial charge on any atom is 0.309 e. The van der Waals surface area contributed by atoms with Gasteiger partial charge in [0.05, 0.1) is 22.9 Å². The Morgan fingerprint density at radius 3 is 1.38 bits per heavy atom. The number of carbonyl (C=O) groups is 2. The molecule has 16 heavy (non-hydrogen) atoms. The van der Waals surface area contributed by atoms with Crippen LogP contribution in [0.2, 0.25) is 0 Å². The normalized spacial score (nSPS) is 32.6. The molecule has 1 saturated heterocycles. The molecule has 3 N–H and O–H groups in total. The summed E-state index contributed by atoms with van der Waals surface area (Å²) in [6, 6.07) is 0. The highest BCUT2D eigenvalue weighted by molar-refractivity contribution is 5.83. The fourth-order valence-electron chi connectivity index (χ4n) is 2.71. The van der Waals surface area contributed by atoms with Crippen molar-refractivity contribution < 1.29 is 25.0 Å². The zero-order valence-electron chi connectivity index (χ0n) is 9.76. The van der Waals surface area contributed by atoms with Crippen LogP contribution >= 0.6 is 0 Å². The van der Waals surface area contributed by atoms with Crippen molar-refractivity contribution in [2.45, 2.75) is 38.8 Å². The maximum absolute atomic E-state index is 11.2. The molecule has 0 aromatic rings. The molecule has 0 unspecified atom stereocenters. The molecule has 1 aliphatic rings. The fourth-order valence-corrected chi connectivity index (χ4v) is 2.71. The van der Waals surface area contributed by atoms with Crippen LogP contribution in [0, 0.1) is 11.8 Å². The number of carboxylic acid groups (broad SMARTS) is 2. The summed E-state index contributed by atoms with van der Waals surface area (Å²) < 4.78 is 0. The van der Waals surface area contributed by atoms with Gasteiger partial charge in [0, 0.05) is 0 Å². The third kappa shape index (κ3) is 1.49. The smallest absolute Gasteiger partial charge is 0.309 e. The van der Waals surface area contributed by atoms with E-state index in [4.69, 9.17) is 10.2 Å². The number of rotatable bonds is 2. The van der Waals surface area contributed by atoms with E-state index in [0.717, 1.165) is 5.06 Å². The molecule has 0 saturated carbocycles. The van der Waals surface area contributed by atoms with Crippen molar-refractivity contribution in [3.63, 3.8) is 0 Å². The van der Waals surface area contributed by atoms with Gasteiger partial charge in [0.25, 0.3) is 0 Å². The predicted octanol–water partition coefficient (Wildman–Crippen LogP) is 0.650. The topological polar surface area (TPSA) is 98.1 Å². The molecule has 0 aromatic carbocycles. The molecule has 2 atom stereocenters. The first-order valence-electron chi connectivity index (χ1n) is 4.99. The maximum atomic E-state index is 11.2. The Morgan fingerprint density at radius 2 is 1.19 bits per heavy atom. The molecular formula is C10H17NO5. The summed E-state index contributed by atoms with van der Waals surface area (Å²) in [5.74, 6) is -4.71. The van der Waals surface area contributed by atoms with Gasteiger partial charge in [-0.25, -0.2) is 0 Å². The Kier molecular flexibility index (Phi) is 2.77. The van der Waals surface area contributed by atoms with Gasteiger partial charge in [0.1, 0.15) is 0 Å². The van der Waals surface area contributed by atoms with Crippen LogP contribution in [0.1, 0.15) is 27.7 Å². The van der Waals surface area contributed by atoms with E-state index in [0.29, 0.717) is 0 Å². The largest absolute Gasteiger partial charge is 0.481 e. The molecule has 0 amide bonds. The third-order valence-electron chi connectivity index (χ3n) is 3.48. The Morgan fingerprint density at radius 1 is 0.938 bits per heavy atom. The third-order valence-corrected chi connectivity index (χ3v) is 3.48. The molecule has 92 valence electrons. The van der Waals surface area contributed by atoms with Gasteiger partial charge in [0.2, 0.25) is 0 Å². The average Bonchev–Trinajstić information content (AvgIpc) is 2.23. The lowest BCUT2D eigenvalue weighted by Gasteiger charge is -2.35. The minimum absolute atomic E-state index is 0.845. The van der Waals surface area contributed by atoms with E-state index in [2.05, 4.69) is 0 Å². The number of aliphatic carboxylic acids is 2. The number of nitrogens with zero attached hydrogens (tertiary/aromatic N) is 1. The molecule has 0 aromatic heterocycles. The number of hydrogen-bond donors (Lipinski definition) is 3. The molecular weight excluding hydrogens is 214 g/mol. The van der Waals surface area contributed by atoms with Crippen molar-refractivity contribution in [3.05, 3.63) is 0 Å². The molecule has 0 spiro atoms. The van der Waals surface area contributed by atoms with Crippen LogP contribution in [-0.4, -0.2) is 43.5 Å². The lowest BCUT2D eigenvalue weighted by Crippen LogP contribution is -2.48. The Labute approximate surface area is 93.4 Å². The van der Waals surface area contributed by atoms with Crippen molar-refractivity contribution in [2.24, 2.45) is 11.8 Å². The summed E-state index contributed by atoms with van der Waals surface area (Å²) in [5.41, 5.74) is -2.23. The van der Waals surface area contributed by atoms with Gasteiger partial charge in [-0.3, -0.25) is 9.59 Å². The molecule has 0 bridgehead atoms. The van der Waals surface area contributed by atoms with Crippen LogP contribution in [-0.2, 0) is 9.59 Å². The van der Waals surface area contributed by atoms with Crippen molar-refractivity contribution in [1.82, 2.24) is 5.06 Å². The number of carboxylic acids is 2. The predicted molar refractivity (Wildman–Crippen MR) is 54.0 cm³/mol. The van der Waals surface area contributed by atoms with Crippen molar-refractivity contribution in [2.75, 3.05) is 0 Å². The SMILES string of the molecule is CC1(C)[C@H](C(=O)O)[C@H](C(=O)O)C(C)(C)N1O. The zero-order chi connectivity index (χ0) is 12.9. The first-order valence-corrected chi connectivity index (χ1v) is 4.99. The van der Waals surface area contributed by atoms with Gasteiger partial charge in [-0.05, 0) is 27.7 Å². The average molecular weight is 231 g/mol. The van der Waals surface area contributed by atoms with E-state index in [-0.39, 0.29) is 0 Å². The van der Waals surface area contributed by atoms with Gasteiger partial charge in [-0.1, -0.05) is 0 Å². The van der Waals surface area contributed by atoms with Gasteiger partial charge in [0.15, 0.2) is 0 Å². The number of hydrogen-bond acceptors (Lipinski definition) is 4. The molecule has 1 rings (SSSR count). The highest BCUT2D eigenvalue weighted by Gasteiger charge is 2.64. The van der Waals surface area contributed by atoms with Crippen molar-refractivity contribution in [1.29, 1.82) is 0 Å². The summed E-state index contributed by atoms with van der Waals surface area (Å²) in [7, 11) is 0. The van der Waals surface area contributed by atoms with E-state index < -0.39 is 34.9 Å².